The van der Waals surface area contributed by atoms with Gasteiger partial charge in [0.15, 0.2) is 0 Å². The second-order valence-corrected chi connectivity index (χ2v) is 2.98. The molecule has 0 bridgehead atoms. The van der Waals surface area contributed by atoms with Crippen molar-refractivity contribution in [1.29, 1.82) is 0 Å². The van der Waals surface area contributed by atoms with E-state index in [0.29, 0.717) is 6.42 Å². The predicted molar refractivity (Wildman–Crippen MR) is 50.7 cm³/mol. The van der Waals surface area contributed by atoms with E-state index in [4.69, 9.17) is 5.73 Å². The third-order valence-corrected chi connectivity index (χ3v) is 1.82. The van der Waals surface area contributed by atoms with Crippen LogP contribution in [0.2, 0.25) is 0 Å². The predicted octanol–water partition coefficient (Wildman–Crippen LogP) is -0.375. The largest absolute Gasteiger partial charge is 0.369 e. The molecule has 0 aromatic heterocycles. The Morgan fingerprint density at radius 3 is 2.62 bits per heavy atom. The summed E-state index contributed by atoms with van der Waals surface area (Å²) in [6.07, 6.45) is 0.451. The third-order valence-electron chi connectivity index (χ3n) is 1.82. The highest BCUT2D eigenvalue weighted by atomic mass is 16.1. The van der Waals surface area contributed by atoms with Crippen LogP contribution < -0.4 is 11.1 Å². The van der Waals surface area contributed by atoms with E-state index in [0.717, 1.165) is 13.1 Å². The molecule has 0 saturated heterocycles. The molecule has 1 rings (SSSR count). The molecule has 1 aromatic rings. The van der Waals surface area contributed by atoms with Crippen LogP contribution in [0.25, 0.3) is 0 Å². The highest BCUT2D eigenvalue weighted by Crippen LogP contribution is 1.94. The lowest BCUT2D eigenvalue weighted by atomic mass is 10.2. The van der Waals surface area contributed by atoms with E-state index in [1.54, 1.807) is 0 Å². The maximum atomic E-state index is 10.4. The van der Waals surface area contributed by atoms with E-state index in [-0.39, 0.29) is 5.91 Å². The fraction of sp³-hybridized carbons (Fsp3) is 0.300. The summed E-state index contributed by atoms with van der Waals surface area (Å²) in [6, 6.07) is 10.2. The van der Waals surface area contributed by atoms with Crippen LogP contribution in [0, 0.1) is 0 Å². The van der Waals surface area contributed by atoms with Crippen LogP contribution in [0.5, 0.6) is 0 Å². The van der Waals surface area contributed by atoms with Crippen LogP contribution in [0.1, 0.15) is 12.0 Å². The molecule has 0 atom stereocenters. The van der Waals surface area contributed by atoms with Crippen LogP contribution in [-0.2, 0) is 11.3 Å². The van der Waals surface area contributed by atoms with Gasteiger partial charge in [-0.2, -0.15) is 0 Å². The first-order valence-corrected chi connectivity index (χ1v) is 4.43. The van der Waals surface area contributed by atoms with Crippen molar-refractivity contribution in [2.45, 2.75) is 13.0 Å². The van der Waals surface area contributed by atoms with E-state index in [9.17, 15) is 4.79 Å². The molecule has 0 aliphatic rings. The van der Waals surface area contributed by atoms with Crippen LogP contribution >= 0.6 is 0 Å². The van der Waals surface area contributed by atoms with Crippen LogP contribution in [0.4, 0.5) is 0 Å². The molecule has 0 heterocycles. The van der Waals surface area contributed by atoms with Crippen molar-refractivity contribution >= 4 is 5.91 Å². The number of quaternary nitrogens is 1. The summed E-state index contributed by atoms with van der Waals surface area (Å²) >= 11 is 0. The molecule has 0 aliphatic carbocycles. The molecule has 0 unspecified atom stereocenters. The van der Waals surface area contributed by atoms with Crippen molar-refractivity contribution in [2.75, 3.05) is 6.54 Å². The lowest BCUT2D eigenvalue weighted by molar-refractivity contribution is -0.669. The topological polar surface area (TPSA) is 59.7 Å². The molecule has 3 heteroatoms. The maximum absolute atomic E-state index is 10.4. The molecule has 0 fully saturated rings. The summed E-state index contributed by atoms with van der Waals surface area (Å²) in [6.45, 7) is 1.68. The molecule has 0 saturated carbocycles. The second-order valence-electron chi connectivity index (χ2n) is 2.98. The van der Waals surface area contributed by atoms with Crippen molar-refractivity contribution < 1.29 is 10.1 Å². The fourth-order valence-electron chi connectivity index (χ4n) is 1.13. The average molecular weight is 179 g/mol. The van der Waals surface area contributed by atoms with E-state index in [1.165, 1.54) is 5.56 Å². The first kappa shape index (κ1) is 9.74. The first-order valence-electron chi connectivity index (χ1n) is 4.43. The minimum absolute atomic E-state index is 0.232. The Kier molecular flexibility index (Phi) is 3.99. The molecule has 1 amide bonds. The molecular weight excluding hydrogens is 164 g/mol. The van der Waals surface area contributed by atoms with Gasteiger partial charge in [0.2, 0.25) is 5.91 Å². The monoisotopic (exact) mass is 179 g/mol. The van der Waals surface area contributed by atoms with Gasteiger partial charge in [0.05, 0.1) is 13.0 Å². The summed E-state index contributed by atoms with van der Waals surface area (Å²) in [7, 11) is 0. The average Bonchev–Trinajstić information content (AvgIpc) is 2.14. The van der Waals surface area contributed by atoms with Gasteiger partial charge < -0.3 is 11.1 Å². The Labute approximate surface area is 77.9 Å². The minimum atomic E-state index is -0.232. The number of benzene rings is 1. The zero-order valence-electron chi connectivity index (χ0n) is 7.57. The highest BCUT2D eigenvalue weighted by molar-refractivity contribution is 5.73. The zero-order chi connectivity index (χ0) is 9.52. The molecular formula is C10H15N2O+. The molecule has 1 aromatic carbocycles. The Morgan fingerprint density at radius 1 is 1.31 bits per heavy atom. The minimum Gasteiger partial charge on any atom is -0.369 e. The summed E-state index contributed by atoms with van der Waals surface area (Å²) in [5.74, 6) is -0.232. The summed E-state index contributed by atoms with van der Waals surface area (Å²) in [5, 5.41) is 2.08. The smallest absolute Gasteiger partial charge is 0.223 e. The Bertz CT molecular complexity index is 259. The van der Waals surface area contributed by atoms with Crippen molar-refractivity contribution in [2.24, 2.45) is 5.73 Å². The summed E-state index contributed by atoms with van der Waals surface area (Å²) in [4.78, 5) is 10.4. The maximum Gasteiger partial charge on any atom is 0.223 e. The van der Waals surface area contributed by atoms with E-state index in [2.05, 4.69) is 17.4 Å². The van der Waals surface area contributed by atoms with Crippen molar-refractivity contribution in [3.8, 4) is 0 Å². The van der Waals surface area contributed by atoms with Gasteiger partial charge in [-0.3, -0.25) is 4.79 Å². The van der Waals surface area contributed by atoms with Crippen molar-refractivity contribution in [3.63, 3.8) is 0 Å². The second kappa shape index (κ2) is 5.32. The van der Waals surface area contributed by atoms with Gasteiger partial charge >= 0.3 is 0 Å². The highest BCUT2D eigenvalue weighted by Gasteiger charge is 1.96. The normalized spacial score (nSPS) is 9.85. The number of primary amides is 1. The number of rotatable bonds is 5. The number of carbonyl (C=O) groups excluding carboxylic acids is 1. The van der Waals surface area contributed by atoms with Gasteiger partial charge in [-0.25, -0.2) is 0 Å². The van der Waals surface area contributed by atoms with Gasteiger partial charge in [0.1, 0.15) is 6.54 Å². The zero-order valence-corrected chi connectivity index (χ0v) is 7.57. The number of nitrogens with two attached hydrogens (primary N) is 2. The Hall–Kier alpha value is -1.35. The van der Waals surface area contributed by atoms with Crippen LogP contribution in [0.3, 0.4) is 0 Å². The molecule has 4 N–H and O–H groups in total. The number of amides is 1. The van der Waals surface area contributed by atoms with Gasteiger partial charge in [-0.1, -0.05) is 30.3 Å². The third kappa shape index (κ3) is 4.28. The fourth-order valence-corrected chi connectivity index (χ4v) is 1.13. The van der Waals surface area contributed by atoms with Crippen molar-refractivity contribution in [3.05, 3.63) is 35.9 Å². The molecule has 70 valence electrons. The number of hydrogen-bond acceptors (Lipinski definition) is 1. The molecule has 0 radical (unpaired) electrons. The molecule has 13 heavy (non-hydrogen) atoms. The Balaban J connectivity index is 2.17. The molecule has 0 spiro atoms. The lowest BCUT2D eigenvalue weighted by Crippen LogP contribution is -2.82. The van der Waals surface area contributed by atoms with Gasteiger partial charge in [0, 0.05) is 5.56 Å². The van der Waals surface area contributed by atoms with Gasteiger partial charge in [0.25, 0.3) is 0 Å². The number of carbonyl (C=O) groups is 1. The van der Waals surface area contributed by atoms with Gasteiger partial charge in [-0.05, 0) is 0 Å². The summed E-state index contributed by atoms with van der Waals surface area (Å²) in [5.41, 5.74) is 6.28. The lowest BCUT2D eigenvalue weighted by Gasteiger charge is -1.99. The standard InChI is InChI=1S/C10H14N2O/c11-10(13)6-7-12-8-9-4-2-1-3-5-9/h1-5,12H,6-8H2,(H2,11,13)/p+1. The Morgan fingerprint density at radius 2 is 2.00 bits per heavy atom. The van der Waals surface area contributed by atoms with Crippen molar-refractivity contribution in [1.82, 2.24) is 0 Å². The van der Waals surface area contributed by atoms with E-state index < -0.39 is 0 Å². The summed E-state index contributed by atoms with van der Waals surface area (Å²) < 4.78 is 0. The van der Waals surface area contributed by atoms with E-state index in [1.807, 2.05) is 18.2 Å². The SMILES string of the molecule is NC(=O)CC[NH2+]Cc1ccccc1. The quantitative estimate of drug-likeness (QED) is 0.595. The van der Waals surface area contributed by atoms with Crippen LogP contribution in [-0.4, -0.2) is 12.5 Å². The molecule has 0 aliphatic heterocycles. The van der Waals surface area contributed by atoms with Gasteiger partial charge in [-0.15, -0.1) is 0 Å². The number of hydrogen-bond donors (Lipinski definition) is 2. The first-order chi connectivity index (χ1) is 6.29. The van der Waals surface area contributed by atoms with Crippen LogP contribution in [0.15, 0.2) is 30.3 Å². The van der Waals surface area contributed by atoms with E-state index >= 15 is 0 Å². The molecule has 3 nitrogen and oxygen atoms in total.